The lowest BCUT2D eigenvalue weighted by molar-refractivity contribution is -0.123. The molecule has 0 spiro atoms. The van der Waals surface area contributed by atoms with Crippen LogP contribution in [-0.4, -0.2) is 19.1 Å². The Morgan fingerprint density at radius 3 is 2.15 bits per heavy atom. The summed E-state index contributed by atoms with van der Waals surface area (Å²) in [5.41, 5.74) is 3.59. The highest BCUT2D eigenvalue weighted by atomic mass is 16.5. The van der Waals surface area contributed by atoms with Crippen LogP contribution >= 0.6 is 0 Å². The Morgan fingerprint density at radius 1 is 0.778 bits per heavy atom. The standard InChI is InChI=1S/C24H25NO2/c26-24(25-17-9-14-20-10-3-1-4-11-20)19-27-23-16-8-7-15-22(23)18-21-12-5-2-6-13-21/h1-8,10-13,15-16H,9,14,17-19H2,(H,25,26). The second-order valence-electron chi connectivity index (χ2n) is 6.50. The van der Waals surface area contributed by atoms with Gasteiger partial charge in [0.1, 0.15) is 5.75 Å². The fourth-order valence-corrected chi connectivity index (χ4v) is 2.97. The van der Waals surface area contributed by atoms with Crippen molar-refractivity contribution in [3.63, 3.8) is 0 Å². The van der Waals surface area contributed by atoms with Crippen LogP contribution in [0.3, 0.4) is 0 Å². The predicted molar refractivity (Wildman–Crippen MR) is 109 cm³/mol. The van der Waals surface area contributed by atoms with Gasteiger partial charge in [0.05, 0.1) is 0 Å². The van der Waals surface area contributed by atoms with E-state index in [-0.39, 0.29) is 12.5 Å². The highest BCUT2D eigenvalue weighted by Crippen LogP contribution is 2.21. The van der Waals surface area contributed by atoms with E-state index in [0.29, 0.717) is 6.54 Å². The zero-order chi connectivity index (χ0) is 18.7. The van der Waals surface area contributed by atoms with Crippen molar-refractivity contribution in [2.24, 2.45) is 0 Å². The van der Waals surface area contributed by atoms with Gasteiger partial charge in [0.15, 0.2) is 6.61 Å². The molecule has 0 aliphatic carbocycles. The number of carbonyl (C=O) groups excluding carboxylic acids is 1. The largest absolute Gasteiger partial charge is 0.483 e. The maximum atomic E-state index is 12.1. The van der Waals surface area contributed by atoms with E-state index in [1.165, 1.54) is 11.1 Å². The lowest BCUT2D eigenvalue weighted by atomic mass is 10.0. The van der Waals surface area contributed by atoms with E-state index in [9.17, 15) is 4.79 Å². The van der Waals surface area contributed by atoms with Crippen molar-refractivity contribution in [1.29, 1.82) is 0 Å². The molecule has 0 unspecified atom stereocenters. The van der Waals surface area contributed by atoms with Crippen LogP contribution in [0.1, 0.15) is 23.1 Å². The second kappa shape index (κ2) is 10.2. The van der Waals surface area contributed by atoms with Gasteiger partial charge in [-0.25, -0.2) is 0 Å². The molecule has 27 heavy (non-hydrogen) atoms. The SMILES string of the molecule is O=C(COc1ccccc1Cc1ccccc1)NCCCc1ccccc1. The summed E-state index contributed by atoms with van der Waals surface area (Å²) in [5.74, 6) is 0.679. The summed E-state index contributed by atoms with van der Waals surface area (Å²) >= 11 is 0. The van der Waals surface area contributed by atoms with Gasteiger partial charge < -0.3 is 10.1 Å². The monoisotopic (exact) mass is 359 g/mol. The first-order chi connectivity index (χ1) is 13.3. The summed E-state index contributed by atoms with van der Waals surface area (Å²) in [7, 11) is 0. The van der Waals surface area contributed by atoms with Gasteiger partial charge in [-0.15, -0.1) is 0 Å². The van der Waals surface area contributed by atoms with E-state index in [1.54, 1.807) is 0 Å². The topological polar surface area (TPSA) is 38.3 Å². The molecule has 138 valence electrons. The molecule has 0 fully saturated rings. The summed E-state index contributed by atoms with van der Waals surface area (Å²) in [5, 5.41) is 2.93. The summed E-state index contributed by atoms with van der Waals surface area (Å²) in [6, 6.07) is 28.4. The van der Waals surface area contributed by atoms with Gasteiger partial charge in [-0.05, 0) is 35.6 Å². The molecule has 0 bridgehead atoms. The molecule has 0 heterocycles. The molecule has 0 saturated heterocycles. The number of carbonyl (C=O) groups is 1. The first-order valence-corrected chi connectivity index (χ1v) is 9.36. The fourth-order valence-electron chi connectivity index (χ4n) is 2.97. The maximum absolute atomic E-state index is 12.1. The normalized spacial score (nSPS) is 10.4. The summed E-state index contributed by atoms with van der Waals surface area (Å²) in [6.45, 7) is 0.694. The van der Waals surface area contributed by atoms with Gasteiger partial charge in [-0.3, -0.25) is 4.79 Å². The van der Waals surface area contributed by atoms with Crippen LogP contribution in [0.2, 0.25) is 0 Å². The molecule has 0 aromatic heterocycles. The van der Waals surface area contributed by atoms with Crippen LogP contribution in [0.4, 0.5) is 0 Å². The van der Waals surface area contributed by atoms with E-state index in [0.717, 1.165) is 30.6 Å². The van der Waals surface area contributed by atoms with Crippen molar-refractivity contribution in [3.8, 4) is 5.75 Å². The first kappa shape index (κ1) is 18.7. The Kier molecular flexibility index (Phi) is 7.05. The minimum Gasteiger partial charge on any atom is -0.483 e. The molecule has 3 nitrogen and oxygen atoms in total. The number of benzene rings is 3. The van der Waals surface area contributed by atoms with E-state index in [4.69, 9.17) is 4.74 Å². The Bertz CT molecular complexity index is 831. The van der Waals surface area contributed by atoms with Gasteiger partial charge in [0.2, 0.25) is 0 Å². The highest BCUT2D eigenvalue weighted by molar-refractivity contribution is 5.77. The quantitative estimate of drug-likeness (QED) is 0.575. The molecular weight excluding hydrogens is 334 g/mol. The maximum Gasteiger partial charge on any atom is 0.257 e. The molecule has 3 rings (SSSR count). The summed E-state index contributed by atoms with van der Waals surface area (Å²) in [6.07, 6.45) is 2.66. The molecule has 3 aromatic rings. The molecule has 1 amide bonds. The number of aryl methyl sites for hydroxylation is 1. The van der Waals surface area contributed by atoms with Gasteiger partial charge in [-0.2, -0.15) is 0 Å². The molecule has 0 saturated carbocycles. The second-order valence-corrected chi connectivity index (χ2v) is 6.50. The van der Waals surface area contributed by atoms with Crippen LogP contribution in [0.5, 0.6) is 5.75 Å². The van der Waals surface area contributed by atoms with E-state index in [2.05, 4.69) is 29.6 Å². The molecule has 3 aromatic carbocycles. The van der Waals surface area contributed by atoms with Gasteiger partial charge in [0, 0.05) is 13.0 Å². The van der Waals surface area contributed by atoms with Crippen LogP contribution in [0, 0.1) is 0 Å². The van der Waals surface area contributed by atoms with Crippen molar-refractivity contribution in [2.75, 3.05) is 13.2 Å². The van der Waals surface area contributed by atoms with Crippen molar-refractivity contribution >= 4 is 5.91 Å². The van der Waals surface area contributed by atoms with Gasteiger partial charge >= 0.3 is 0 Å². The smallest absolute Gasteiger partial charge is 0.257 e. The van der Waals surface area contributed by atoms with Crippen molar-refractivity contribution < 1.29 is 9.53 Å². The first-order valence-electron chi connectivity index (χ1n) is 9.36. The third-order valence-corrected chi connectivity index (χ3v) is 4.38. The number of rotatable bonds is 9. The zero-order valence-corrected chi connectivity index (χ0v) is 15.4. The lowest BCUT2D eigenvalue weighted by Gasteiger charge is -2.12. The lowest BCUT2D eigenvalue weighted by Crippen LogP contribution is -2.30. The number of hydrogen-bond donors (Lipinski definition) is 1. The highest BCUT2D eigenvalue weighted by Gasteiger charge is 2.07. The van der Waals surface area contributed by atoms with E-state index >= 15 is 0 Å². The zero-order valence-electron chi connectivity index (χ0n) is 15.4. The molecule has 0 radical (unpaired) electrons. The van der Waals surface area contributed by atoms with E-state index in [1.807, 2.05) is 60.7 Å². The van der Waals surface area contributed by atoms with Gasteiger partial charge in [0.25, 0.3) is 5.91 Å². The predicted octanol–water partition coefficient (Wildman–Crippen LogP) is 4.41. The Labute approximate surface area is 161 Å². The van der Waals surface area contributed by atoms with Crippen molar-refractivity contribution in [2.45, 2.75) is 19.3 Å². The summed E-state index contributed by atoms with van der Waals surface area (Å²) in [4.78, 5) is 12.1. The van der Waals surface area contributed by atoms with Crippen LogP contribution in [0.25, 0.3) is 0 Å². The van der Waals surface area contributed by atoms with Gasteiger partial charge in [-0.1, -0.05) is 78.9 Å². The molecular formula is C24H25NO2. The number of ether oxygens (including phenoxy) is 1. The number of amides is 1. The molecule has 0 aliphatic heterocycles. The third kappa shape index (κ3) is 6.30. The Morgan fingerprint density at radius 2 is 1.41 bits per heavy atom. The van der Waals surface area contributed by atoms with Crippen LogP contribution in [-0.2, 0) is 17.6 Å². The number of para-hydroxylation sites is 1. The third-order valence-electron chi connectivity index (χ3n) is 4.38. The average molecular weight is 359 g/mol. The number of hydrogen-bond acceptors (Lipinski definition) is 2. The molecule has 1 N–H and O–H groups in total. The molecule has 3 heteroatoms. The average Bonchev–Trinajstić information content (AvgIpc) is 2.72. The van der Waals surface area contributed by atoms with Crippen LogP contribution in [0.15, 0.2) is 84.9 Å². The Hall–Kier alpha value is -3.07. The molecule has 0 aliphatic rings. The minimum absolute atomic E-state index is 0.0388. The molecule has 0 atom stereocenters. The van der Waals surface area contributed by atoms with E-state index < -0.39 is 0 Å². The fraction of sp³-hybridized carbons (Fsp3) is 0.208. The summed E-state index contributed by atoms with van der Waals surface area (Å²) < 4.78 is 5.77. The van der Waals surface area contributed by atoms with Crippen molar-refractivity contribution in [3.05, 3.63) is 102 Å². The minimum atomic E-state index is -0.0856. The number of nitrogens with one attached hydrogen (secondary N) is 1. The van der Waals surface area contributed by atoms with Crippen LogP contribution < -0.4 is 10.1 Å². The Balaban J connectivity index is 1.43. The van der Waals surface area contributed by atoms with Crippen molar-refractivity contribution in [1.82, 2.24) is 5.32 Å².